The van der Waals surface area contributed by atoms with E-state index in [0.29, 0.717) is 0 Å². The monoisotopic (exact) mass is 272 g/mol. The van der Waals surface area contributed by atoms with E-state index in [1.165, 1.54) is 0 Å². The van der Waals surface area contributed by atoms with E-state index in [0.717, 1.165) is 25.3 Å². The fraction of sp³-hybridized carbons (Fsp3) is 0.333. The van der Waals surface area contributed by atoms with Crippen LogP contribution in [0.1, 0.15) is 28.4 Å². The highest BCUT2D eigenvalue weighted by Crippen LogP contribution is 2.24. The van der Waals surface area contributed by atoms with Crippen LogP contribution < -0.4 is 0 Å². The second kappa shape index (κ2) is 6.26. The lowest BCUT2D eigenvalue weighted by atomic mass is 9.97. The smallest absolute Gasteiger partial charge is 0.336 e. The van der Waals surface area contributed by atoms with Gasteiger partial charge in [-0.15, -0.1) is 0 Å². The van der Waals surface area contributed by atoms with Crippen LogP contribution in [-0.4, -0.2) is 40.5 Å². The van der Waals surface area contributed by atoms with Crippen LogP contribution in [0.15, 0.2) is 18.2 Å². The number of halogens is 1. The van der Waals surface area contributed by atoms with Crippen LogP contribution in [0, 0.1) is 5.82 Å². The molecule has 0 aliphatic rings. The topological polar surface area (TPSA) is 104 Å². The zero-order chi connectivity index (χ0) is 14.6. The van der Waals surface area contributed by atoms with E-state index in [1.54, 1.807) is 0 Å². The van der Waals surface area contributed by atoms with Gasteiger partial charge >= 0.3 is 11.9 Å². The predicted octanol–water partition coefficient (Wildman–Crippen LogP) is 0.481. The van der Waals surface area contributed by atoms with Gasteiger partial charge in [0.15, 0.2) is 0 Å². The van der Waals surface area contributed by atoms with Crippen LogP contribution >= 0.6 is 0 Å². The second-order valence-electron chi connectivity index (χ2n) is 3.83. The molecule has 0 heterocycles. The number of aromatic carboxylic acids is 1. The summed E-state index contributed by atoms with van der Waals surface area (Å²) in [6.45, 7) is 0. The van der Waals surface area contributed by atoms with E-state index in [9.17, 15) is 24.2 Å². The largest absolute Gasteiger partial charge is 0.478 e. The predicted molar refractivity (Wildman–Crippen MR) is 61.0 cm³/mol. The summed E-state index contributed by atoms with van der Waals surface area (Å²) in [4.78, 5) is 21.9. The third-order valence-electron chi connectivity index (χ3n) is 2.53. The van der Waals surface area contributed by atoms with Crippen molar-refractivity contribution in [3.05, 3.63) is 35.1 Å². The van der Waals surface area contributed by atoms with Gasteiger partial charge in [0.05, 0.1) is 25.2 Å². The van der Waals surface area contributed by atoms with E-state index in [2.05, 4.69) is 4.74 Å². The Kier molecular flexibility index (Phi) is 4.96. The first kappa shape index (κ1) is 15.1. The Bertz CT molecular complexity index is 487. The van der Waals surface area contributed by atoms with Gasteiger partial charge in [-0.3, -0.25) is 4.79 Å². The summed E-state index contributed by atoms with van der Waals surface area (Å²) >= 11 is 0. The molecule has 0 aliphatic heterocycles. The van der Waals surface area contributed by atoms with Crippen molar-refractivity contribution < 1.29 is 34.0 Å². The summed E-state index contributed by atoms with van der Waals surface area (Å²) in [5, 5.41) is 28.3. The molecule has 2 atom stereocenters. The molecule has 0 saturated carbocycles. The van der Waals surface area contributed by atoms with Gasteiger partial charge in [0.2, 0.25) is 0 Å². The minimum atomic E-state index is -1.71. The summed E-state index contributed by atoms with van der Waals surface area (Å²) in [6, 6.07) is 2.70. The highest BCUT2D eigenvalue weighted by molar-refractivity contribution is 5.89. The Morgan fingerprint density at radius 2 is 2.00 bits per heavy atom. The van der Waals surface area contributed by atoms with Crippen LogP contribution in [-0.2, 0) is 9.53 Å². The maximum atomic E-state index is 13.1. The van der Waals surface area contributed by atoms with Gasteiger partial charge in [0.1, 0.15) is 11.9 Å². The zero-order valence-corrected chi connectivity index (χ0v) is 10.0. The first-order valence-corrected chi connectivity index (χ1v) is 5.32. The molecule has 0 aromatic heterocycles. The average molecular weight is 272 g/mol. The summed E-state index contributed by atoms with van der Waals surface area (Å²) in [6.07, 6.45) is -3.83. The van der Waals surface area contributed by atoms with Gasteiger partial charge in [0.25, 0.3) is 0 Å². The molecule has 0 bridgehead atoms. The molecule has 0 spiro atoms. The highest BCUT2D eigenvalue weighted by Gasteiger charge is 2.26. The van der Waals surface area contributed by atoms with Crippen LogP contribution in [0.25, 0.3) is 0 Å². The van der Waals surface area contributed by atoms with Crippen molar-refractivity contribution >= 4 is 11.9 Å². The van der Waals surface area contributed by atoms with Crippen molar-refractivity contribution in [1.82, 2.24) is 0 Å². The summed E-state index contributed by atoms with van der Waals surface area (Å²) in [5.74, 6) is -2.91. The number of carboxylic acid groups (broad SMARTS) is 1. The van der Waals surface area contributed by atoms with Crippen LogP contribution in [0.5, 0.6) is 0 Å². The third kappa shape index (κ3) is 3.73. The Morgan fingerprint density at radius 3 is 2.53 bits per heavy atom. The van der Waals surface area contributed by atoms with Gasteiger partial charge in [-0.2, -0.15) is 0 Å². The number of ether oxygens (including phenoxy) is 1. The zero-order valence-electron chi connectivity index (χ0n) is 10.0. The highest BCUT2D eigenvalue weighted by atomic mass is 19.1. The number of benzene rings is 1. The Morgan fingerprint density at radius 1 is 1.37 bits per heavy atom. The molecule has 19 heavy (non-hydrogen) atoms. The number of aliphatic hydroxyl groups is 2. The maximum absolute atomic E-state index is 13.1. The fourth-order valence-electron chi connectivity index (χ4n) is 1.55. The second-order valence-corrected chi connectivity index (χ2v) is 3.83. The van der Waals surface area contributed by atoms with Gasteiger partial charge in [-0.05, 0) is 18.2 Å². The number of carbonyl (C=O) groups is 2. The molecule has 0 saturated heterocycles. The van der Waals surface area contributed by atoms with Crippen molar-refractivity contribution in [2.75, 3.05) is 7.11 Å². The summed E-state index contributed by atoms with van der Waals surface area (Å²) < 4.78 is 17.4. The van der Waals surface area contributed by atoms with Crippen molar-refractivity contribution in [2.24, 2.45) is 0 Å². The van der Waals surface area contributed by atoms with E-state index < -0.39 is 36.4 Å². The Hall–Kier alpha value is -1.99. The Balaban J connectivity index is 3.03. The molecule has 1 aromatic rings. The van der Waals surface area contributed by atoms with E-state index in [1.807, 2.05) is 0 Å². The average Bonchev–Trinajstić information content (AvgIpc) is 2.36. The van der Waals surface area contributed by atoms with Gasteiger partial charge in [-0.1, -0.05) is 0 Å². The van der Waals surface area contributed by atoms with Crippen LogP contribution in [0.4, 0.5) is 4.39 Å². The lowest BCUT2D eigenvalue weighted by Crippen LogP contribution is -2.24. The molecule has 1 rings (SSSR count). The van der Waals surface area contributed by atoms with Crippen LogP contribution in [0.3, 0.4) is 0 Å². The fourth-order valence-corrected chi connectivity index (χ4v) is 1.55. The Labute approximate surface area is 108 Å². The third-order valence-corrected chi connectivity index (χ3v) is 2.53. The number of methoxy groups -OCH3 is 1. The molecule has 104 valence electrons. The first-order valence-electron chi connectivity index (χ1n) is 5.32. The molecule has 7 heteroatoms. The number of carbonyl (C=O) groups excluding carboxylic acids is 1. The number of carboxylic acids is 1. The van der Waals surface area contributed by atoms with E-state index >= 15 is 0 Å². The molecule has 0 radical (unpaired) electrons. The van der Waals surface area contributed by atoms with Crippen molar-refractivity contribution in [1.29, 1.82) is 0 Å². The van der Waals surface area contributed by atoms with Crippen molar-refractivity contribution in [3.8, 4) is 0 Å². The SMILES string of the molecule is COC(=O)CC(O)C(O)c1cc(F)ccc1C(=O)O. The number of aliphatic hydroxyl groups excluding tert-OH is 2. The molecule has 0 aliphatic carbocycles. The number of esters is 1. The van der Waals surface area contributed by atoms with Gasteiger partial charge in [-0.25, -0.2) is 9.18 Å². The standard InChI is InChI=1S/C12H13FO6/c1-19-10(15)5-9(14)11(16)8-4-6(13)2-3-7(8)12(17)18/h2-4,9,11,14,16H,5H2,1H3,(H,17,18). The van der Waals surface area contributed by atoms with Crippen LogP contribution in [0.2, 0.25) is 0 Å². The minimum Gasteiger partial charge on any atom is -0.478 e. The van der Waals surface area contributed by atoms with E-state index in [4.69, 9.17) is 5.11 Å². The quantitative estimate of drug-likeness (QED) is 0.673. The normalized spacial score (nSPS) is 13.7. The summed E-state index contributed by atoms with van der Waals surface area (Å²) in [7, 11) is 1.10. The molecule has 0 amide bonds. The van der Waals surface area contributed by atoms with Gasteiger partial charge < -0.3 is 20.1 Å². The maximum Gasteiger partial charge on any atom is 0.336 e. The first-order chi connectivity index (χ1) is 8.86. The molecule has 1 aromatic carbocycles. The van der Waals surface area contributed by atoms with Crippen molar-refractivity contribution in [3.63, 3.8) is 0 Å². The lowest BCUT2D eigenvalue weighted by Gasteiger charge is -2.18. The number of hydrogen-bond donors (Lipinski definition) is 3. The molecule has 6 nitrogen and oxygen atoms in total. The number of hydrogen-bond acceptors (Lipinski definition) is 5. The number of rotatable bonds is 5. The van der Waals surface area contributed by atoms with Crippen molar-refractivity contribution in [2.45, 2.75) is 18.6 Å². The lowest BCUT2D eigenvalue weighted by molar-refractivity contribution is -0.144. The minimum absolute atomic E-state index is 0.302. The van der Waals surface area contributed by atoms with Gasteiger partial charge in [0, 0.05) is 5.56 Å². The molecule has 3 N–H and O–H groups in total. The molecular weight excluding hydrogens is 259 g/mol. The summed E-state index contributed by atoms with van der Waals surface area (Å²) in [5.41, 5.74) is -0.651. The van der Waals surface area contributed by atoms with E-state index in [-0.39, 0.29) is 11.1 Å². The molecule has 2 unspecified atom stereocenters. The molecule has 0 fully saturated rings. The molecular formula is C12H13FO6.